The summed E-state index contributed by atoms with van der Waals surface area (Å²) in [4.78, 5) is 26.3. The number of amides is 2. The van der Waals surface area contributed by atoms with E-state index in [4.69, 9.17) is 0 Å². The van der Waals surface area contributed by atoms with E-state index >= 15 is 0 Å². The van der Waals surface area contributed by atoms with E-state index in [1.165, 1.54) is 29.7 Å². The first-order valence-electron chi connectivity index (χ1n) is 8.96. The van der Waals surface area contributed by atoms with Crippen LogP contribution in [-0.4, -0.2) is 18.4 Å². The Balaban J connectivity index is 1.56. The van der Waals surface area contributed by atoms with Crippen molar-refractivity contribution in [2.24, 2.45) is 11.8 Å². The summed E-state index contributed by atoms with van der Waals surface area (Å²) in [5.41, 5.74) is 1.96. The summed E-state index contributed by atoms with van der Waals surface area (Å²) in [5, 5.41) is 6.95. The number of carbonyl (C=O) groups excluding carboxylic acids is 2. The number of hydrogen-bond donors (Lipinski definition) is 2. The van der Waals surface area contributed by atoms with Gasteiger partial charge in [-0.05, 0) is 62.8 Å². The van der Waals surface area contributed by atoms with Gasteiger partial charge in [0, 0.05) is 17.3 Å². The van der Waals surface area contributed by atoms with Crippen molar-refractivity contribution in [3.63, 3.8) is 0 Å². The van der Waals surface area contributed by atoms with E-state index in [2.05, 4.69) is 10.6 Å². The maximum Gasteiger partial charge on any atom is 0.254 e. The minimum Gasteiger partial charge on any atom is -0.352 e. The molecular formula is C18H24N2O2S. The quantitative estimate of drug-likeness (QED) is 0.867. The van der Waals surface area contributed by atoms with Gasteiger partial charge >= 0.3 is 0 Å². The molecule has 0 atom stereocenters. The van der Waals surface area contributed by atoms with Gasteiger partial charge in [0.05, 0.1) is 5.56 Å². The topological polar surface area (TPSA) is 58.2 Å². The first-order chi connectivity index (χ1) is 11.2. The van der Waals surface area contributed by atoms with E-state index in [1.54, 1.807) is 11.3 Å². The van der Waals surface area contributed by atoms with Gasteiger partial charge in [-0.25, -0.2) is 0 Å². The lowest BCUT2D eigenvalue weighted by Gasteiger charge is -2.24. The smallest absolute Gasteiger partial charge is 0.254 e. The van der Waals surface area contributed by atoms with E-state index < -0.39 is 0 Å². The maximum absolute atomic E-state index is 12.7. The fourth-order valence-corrected chi connectivity index (χ4v) is 4.72. The predicted molar refractivity (Wildman–Crippen MR) is 92.0 cm³/mol. The summed E-state index contributed by atoms with van der Waals surface area (Å²) in [6.07, 6.45) is 9.92. The Morgan fingerprint density at radius 2 is 1.83 bits per heavy atom. The Morgan fingerprint density at radius 3 is 2.52 bits per heavy atom. The number of anilines is 1. The van der Waals surface area contributed by atoms with Gasteiger partial charge in [0.15, 0.2) is 0 Å². The van der Waals surface area contributed by atoms with Crippen molar-refractivity contribution in [1.82, 2.24) is 5.32 Å². The number of thiophene rings is 1. The zero-order valence-electron chi connectivity index (χ0n) is 13.5. The third-order valence-corrected chi connectivity index (χ3v) is 6.57. The summed E-state index contributed by atoms with van der Waals surface area (Å²) >= 11 is 1.63. The lowest BCUT2D eigenvalue weighted by atomic mass is 9.85. The van der Waals surface area contributed by atoms with E-state index in [1.807, 2.05) is 0 Å². The molecule has 2 amide bonds. The minimum atomic E-state index is 0.0141. The number of rotatable bonds is 5. The van der Waals surface area contributed by atoms with Gasteiger partial charge in [-0.1, -0.05) is 6.42 Å². The molecule has 4 nitrogen and oxygen atoms in total. The molecular weight excluding hydrogens is 308 g/mol. The van der Waals surface area contributed by atoms with Gasteiger partial charge in [-0.15, -0.1) is 11.3 Å². The first kappa shape index (κ1) is 15.2. The molecule has 0 aromatic carbocycles. The monoisotopic (exact) mass is 332 g/mol. The van der Waals surface area contributed by atoms with Gasteiger partial charge in [0.25, 0.3) is 5.91 Å². The van der Waals surface area contributed by atoms with Crippen molar-refractivity contribution in [3.8, 4) is 0 Å². The molecule has 2 fully saturated rings. The molecule has 1 aromatic heterocycles. The average molecular weight is 332 g/mol. The van der Waals surface area contributed by atoms with Gasteiger partial charge in [-0.2, -0.15) is 0 Å². The number of aryl methyl sites for hydroxylation is 1. The van der Waals surface area contributed by atoms with Crippen LogP contribution in [0.5, 0.6) is 0 Å². The summed E-state index contributed by atoms with van der Waals surface area (Å²) in [7, 11) is 0. The molecule has 3 aliphatic rings. The highest BCUT2D eigenvalue weighted by atomic mass is 32.1. The normalized spacial score (nSPS) is 20.5. The molecule has 0 spiro atoms. The Morgan fingerprint density at radius 1 is 1.04 bits per heavy atom. The number of hydrogen-bond acceptors (Lipinski definition) is 3. The Bertz CT molecular complexity index is 629. The van der Waals surface area contributed by atoms with Crippen molar-refractivity contribution >= 4 is 28.2 Å². The summed E-state index contributed by atoms with van der Waals surface area (Å²) in [6, 6.07) is 0. The molecule has 2 saturated carbocycles. The summed E-state index contributed by atoms with van der Waals surface area (Å²) in [5.74, 6) is 0.934. The van der Waals surface area contributed by atoms with Crippen LogP contribution >= 0.6 is 11.3 Å². The van der Waals surface area contributed by atoms with Crippen LogP contribution in [0.2, 0.25) is 0 Å². The molecule has 0 saturated heterocycles. The zero-order chi connectivity index (χ0) is 15.8. The Hall–Kier alpha value is -1.36. The van der Waals surface area contributed by atoms with Crippen LogP contribution in [0.25, 0.3) is 0 Å². The molecule has 1 heterocycles. The van der Waals surface area contributed by atoms with Crippen molar-refractivity contribution < 1.29 is 9.59 Å². The molecule has 0 unspecified atom stereocenters. The van der Waals surface area contributed by atoms with E-state index in [9.17, 15) is 9.59 Å². The second kappa shape index (κ2) is 6.27. The molecule has 23 heavy (non-hydrogen) atoms. The van der Waals surface area contributed by atoms with Crippen molar-refractivity contribution in [2.75, 3.05) is 11.9 Å². The summed E-state index contributed by atoms with van der Waals surface area (Å²) < 4.78 is 0. The highest BCUT2D eigenvalue weighted by Crippen LogP contribution is 2.39. The van der Waals surface area contributed by atoms with Gasteiger partial charge in [0.1, 0.15) is 5.00 Å². The fraction of sp³-hybridized carbons (Fsp3) is 0.667. The van der Waals surface area contributed by atoms with Crippen molar-refractivity contribution in [2.45, 2.75) is 57.8 Å². The van der Waals surface area contributed by atoms with Crippen molar-refractivity contribution in [1.29, 1.82) is 0 Å². The van der Waals surface area contributed by atoms with Gasteiger partial charge in [-0.3, -0.25) is 9.59 Å². The second-order valence-corrected chi connectivity index (χ2v) is 8.29. The fourth-order valence-electron chi connectivity index (χ4n) is 3.43. The largest absolute Gasteiger partial charge is 0.352 e. The van der Waals surface area contributed by atoms with E-state index in [0.717, 1.165) is 55.6 Å². The van der Waals surface area contributed by atoms with E-state index in [0.29, 0.717) is 5.92 Å². The molecule has 124 valence electrons. The van der Waals surface area contributed by atoms with Crippen LogP contribution in [0.1, 0.15) is 65.7 Å². The van der Waals surface area contributed by atoms with Crippen LogP contribution in [0.15, 0.2) is 0 Å². The number of fused-ring (bicyclic) bond motifs is 1. The Labute approximate surface area is 141 Å². The molecule has 2 N–H and O–H groups in total. The molecule has 5 heteroatoms. The van der Waals surface area contributed by atoms with Crippen LogP contribution in [0, 0.1) is 11.8 Å². The lowest BCUT2D eigenvalue weighted by molar-refractivity contribution is -0.122. The standard InChI is InChI=1S/C18H24N2O2S/c21-16(12-4-3-5-12)20-18-15(17(22)19-10-11-8-9-11)13-6-1-2-7-14(13)23-18/h11-12H,1-10H2,(H,19,22)(H,20,21). The van der Waals surface area contributed by atoms with Crippen LogP contribution in [0.4, 0.5) is 5.00 Å². The van der Waals surface area contributed by atoms with Crippen molar-refractivity contribution in [3.05, 3.63) is 16.0 Å². The molecule has 0 bridgehead atoms. The molecule has 0 aliphatic heterocycles. The van der Waals surface area contributed by atoms with Gasteiger partial charge < -0.3 is 10.6 Å². The van der Waals surface area contributed by atoms with Crippen LogP contribution < -0.4 is 10.6 Å². The molecule has 3 aliphatic carbocycles. The van der Waals surface area contributed by atoms with Crippen LogP contribution in [-0.2, 0) is 17.6 Å². The third-order valence-electron chi connectivity index (χ3n) is 5.36. The lowest BCUT2D eigenvalue weighted by Crippen LogP contribution is -2.30. The van der Waals surface area contributed by atoms with Crippen LogP contribution in [0.3, 0.4) is 0 Å². The number of nitrogens with one attached hydrogen (secondary N) is 2. The second-order valence-electron chi connectivity index (χ2n) is 7.19. The average Bonchev–Trinajstić information content (AvgIpc) is 3.23. The SMILES string of the molecule is O=C(NCC1CC1)c1c(NC(=O)C2CCC2)sc2c1CCCC2. The zero-order valence-corrected chi connectivity index (χ0v) is 14.3. The summed E-state index contributed by atoms with van der Waals surface area (Å²) in [6.45, 7) is 0.777. The number of carbonyl (C=O) groups is 2. The van der Waals surface area contributed by atoms with E-state index in [-0.39, 0.29) is 17.7 Å². The maximum atomic E-state index is 12.7. The predicted octanol–water partition coefficient (Wildman–Crippen LogP) is 3.51. The third kappa shape index (κ3) is 3.16. The molecule has 1 aromatic rings. The molecule has 4 rings (SSSR count). The van der Waals surface area contributed by atoms with Gasteiger partial charge in [0.2, 0.25) is 5.91 Å². The minimum absolute atomic E-state index is 0.0141. The highest BCUT2D eigenvalue weighted by molar-refractivity contribution is 7.17. The first-order valence-corrected chi connectivity index (χ1v) is 9.77. The molecule has 0 radical (unpaired) electrons. The highest BCUT2D eigenvalue weighted by Gasteiger charge is 2.30. The Kier molecular flexibility index (Phi) is 4.14.